The maximum Gasteiger partial charge on any atom is 0.175 e. The lowest BCUT2D eigenvalue weighted by atomic mass is 10.1. The van der Waals surface area contributed by atoms with Crippen molar-refractivity contribution in [3.05, 3.63) is 88.5 Å². The number of rotatable bonds is 3. The molecule has 0 bridgehead atoms. The van der Waals surface area contributed by atoms with Crippen LogP contribution in [-0.2, 0) is 0 Å². The average Bonchev–Trinajstić information content (AvgIpc) is 2.92. The summed E-state index contributed by atoms with van der Waals surface area (Å²) in [4.78, 5) is 6.46. The van der Waals surface area contributed by atoms with Gasteiger partial charge in [-0.05, 0) is 29.3 Å². The summed E-state index contributed by atoms with van der Waals surface area (Å²) in [5, 5.41) is 21.8. The van der Waals surface area contributed by atoms with Crippen molar-refractivity contribution >= 4 is 17.5 Å². The molecular formula is C23H19N5. The fourth-order valence-corrected chi connectivity index (χ4v) is 2.74. The van der Waals surface area contributed by atoms with Crippen LogP contribution in [0.3, 0.4) is 0 Å². The molecule has 1 N–H and O–H groups in total. The molecule has 0 radical (unpaired) electrons. The number of hydrogen-bond acceptors (Lipinski definition) is 5. The molecule has 0 atom stereocenters. The fourth-order valence-electron chi connectivity index (χ4n) is 2.74. The maximum atomic E-state index is 9.41. The van der Waals surface area contributed by atoms with Crippen LogP contribution in [0.2, 0.25) is 0 Å². The first-order valence-corrected chi connectivity index (χ1v) is 8.78. The molecule has 0 aliphatic carbocycles. The smallest absolute Gasteiger partial charge is 0.175 e. The van der Waals surface area contributed by atoms with E-state index in [1.165, 1.54) is 0 Å². The monoisotopic (exact) mass is 365 g/mol. The van der Waals surface area contributed by atoms with Crippen molar-refractivity contribution in [2.45, 2.75) is 6.42 Å². The lowest BCUT2D eigenvalue weighted by Crippen LogP contribution is -2.13. The highest BCUT2D eigenvalue weighted by molar-refractivity contribution is 6.03. The second-order valence-electron chi connectivity index (χ2n) is 6.43. The third-order valence-corrected chi connectivity index (χ3v) is 4.25. The van der Waals surface area contributed by atoms with Crippen LogP contribution in [0.25, 0.3) is 6.08 Å². The molecule has 3 rings (SSSR count). The molecule has 0 saturated heterocycles. The Morgan fingerprint density at radius 2 is 1.71 bits per heavy atom. The number of benzene rings is 2. The van der Waals surface area contributed by atoms with Gasteiger partial charge in [-0.3, -0.25) is 0 Å². The molecule has 0 spiro atoms. The van der Waals surface area contributed by atoms with Crippen molar-refractivity contribution < 1.29 is 0 Å². The summed E-state index contributed by atoms with van der Waals surface area (Å²) in [6.07, 6.45) is 2.30. The van der Waals surface area contributed by atoms with Gasteiger partial charge in [0.2, 0.25) is 0 Å². The summed E-state index contributed by atoms with van der Waals surface area (Å²) in [6.45, 7) is 0. The molecule has 0 amide bonds. The van der Waals surface area contributed by atoms with Crippen LogP contribution in [0.5, 0.6) is 0 Å². The third kappa shape index (κ3) is 4.37. The minimum Gasteiger partial charge on any atom is -0.378 e. The highest BCUT2D eigenvalue weighted by Gasteiger charge is 2.17. The molecule has 1 aliphatic heterocycles. The second-order valence-corrected chi connectivity index (χ2v) is 6.43. The van der Waals surface area contributed by atoms with Crippen molar-refractivity contribution in [2.24, 2.45) is 4.99 Å². The minimum absolute atomic E-state index is 0.0773. The summed E-state index contributed by atoms with van der Waals surface area (Å²) in [7, 11) is 3.99. The van der Waals surface area contributed by atoms with E-state index in [2.05, 4.69) is 16.0 Å². The number of allylic oxidation sites excluding steroid dienone is 3. The zero-order valence-electron chi connectivity index (χ0n) is 15.8. The summed E-state index contributed by atoms with van der Waals surface area (Å²) in [5.74, 6) is 0. The average molecular weight is 365 g/mol. The number of nitrogens with one attached hydrogen (secondary N) is 1. The molecule has 5 nitrogen and oxygen atoms in total. The van der Waals surface area contributed by atoms with Gasteiger partial charge in [-0.15, -0.1) is 0 Å². The van der Waals surface area contributed by atoms with E-state index in [-0.39, 0.29) is 11.4 Å². The van der Waals surface area contributed by atoms with Crippen molar-refractivity contribution in [3.8, 4) is 12.1 Å². The van der Waals surface area contributed by atoms with Gasteiger partial charge in [0.1, 0.15) is 12.1 Å². The van der Waals surface area contributed by atoms with Gasteiger partial charge in [0, 0.05) is 26.2 Å². The normalized spacial score (nSPS) is 13.3. The van der Waals surface area contributed by atoms with Gasteiger partial charge in [-0.1, -0.05) is 48.2 Å². The van der Waals surface area contributed by atoms with E-state index in [9.17, 15) is 10.5 Å². The molecule has 0 unspecified atom stereocenters. The number of nitrogens with zero attached hydrogens (tertiary/aromatic N) is 4. The van der Waals surface area contributed by atoms with Crippen LogP contribution < -0.4 is 10.2 Å². The number of aliphatic imine (C=N–C) groups is 1. The molecule has 136 valence electrons. The molecule has 0 saturated carbocycles. The summed E-state index contributed by atoms with van der Waals surface area (Å²) in [5.41, 5.74) is 7.85. The lowest BCUT2D eigenvalue weighted by Gasteiger charge is -2.11. The van der Waals surface area contributed by atoms with Crippen molar-refractivity contribution in [1.82, 2.24) is 5.32 Å². The zero-order valence-corrected chi connectivity index (χ0v) is 15.8. The Balaban J connectivity index is 2.00. The molecular weight excluding hydrogens is 346 g/mol. The predicted octanol–water partition coefficient (Wildman–Crippen LogP) is 3.99. The van der Waals surface area contributed by atoms with Crippen molar-refractivity contribution in [3.63, 3.8) is 0 Å². The van der Waals surface area contributed by atoms with Gasteiger partial charge in [0.25, 0.3) is 0 Å². The van der Waals surface area contributed by atoms with E-state index in [0.717, 1.165) is 16.8 Å². The lowest BCUT2D eigenvalue weighted by molar-refractivity contribution is 0.979. The minimum atomic E-state index is 0.0773. The molecule has 2 aromatic carbocycles. The van der Waals surface area contributed by atoms with E-state index in [0.29, 0.717) is 17.8 Å². The first kappa shape index (κ1) is 18.7. The Kier molecular flexibility index (Phi) is 5.72. The molecule has 5 heteroatoms. The SMILES string of the molecule is CN(C)c1ccc(C=C=C2CC(c3ccccc3)=NC(C#N)=C(C#N)N2)cc1. The van der Waals surface area contributed by atoms with Crippen molar-refractivity contribution in [2.75, 3.05) is 19.0 Å². The van der Waals surface area contributed by atoms with Crippen LogP contribution in [0.15, 0.2) is 82.4 Å². The third-order valence-electron chi connectivity index (χ3n) is 4.25. The summed E-state index contributed by atoms with van der Waals surface area (Å²) < 4.78 is 0. The maximum absolute atomic E-state index is 9.41. The molecule has 2 aromatic rings. The Bertz CT molecular complexity index is 1070. The fraction of sp³-hybridized carbons (Fsp3) is 0.130. The van der Waals surface area contributed by atoms with E-state index in [4.69, 9.17) is 0 Å². The number of hydrogen-bond donors (Lipinski definition) is 1. The zero-order chi connectivity index (χ0) is 19.9. The quantitative estimate of drug-likeness (QED) is 0.835. The predicted molar refractivity (Wildman–Crippen MR) is 111 cm³/mol. The van der Waals surface area contributed by atoms with Crippen molar-refractivity contribution in [1.29, 1.82) is 10.5 Å². The van der Waals surface area contributed by atoms with E-state index < -0.39 is 0 Å². The Hall–Kier alpha value is -4.05. The highest BCUT2D eigenvalue weighted by Crippen LogP contribution is 2.19. The first-order chi connectivity index (χ1) is 13.6. The Labute approximate surface area is 164 Å². The standard InChI is InChI=1S/C23H19N5/c1-28(2)20-12-9-17(10-13-20)8-11-19-14-21(18-6-4-3-5-7-18)27-23(16-25)22(15-24)26-19/h3-10,12-13,26H,14H2,1-2H3. The molecule has 1 aliphatic rings. The van der Waals surface area contributed by atoms with Gasteiger partial charge >= 0.3 is 0 Å². The number of nitriles is 2. The van der Waals surface area contributed by atoms with E-state index in [1.807, 2.05) is 91.8 Å². The Morgan fingerprint density at radius 1 is 1.00 bits per heavy atom. The molecule has 0 fully saturated rings. The van der Waals surface area contributed by atoms with Crippen LogP contribution >= 0.6 is 0 Å². The second kappa shape index (κ2) is 8.56. The summed E-state index contributed by atoms with van der Waals surface area (Å²) in [6, 6.07) is 21.7. The van der Waals surface area contributed by atoms with Gasteiger partial charge in [-0.25, -0.2) is 4.99 Å². The molecule has 1 heterocycles. The highest BCUT2D eigenvalue weighted by atomic mass is 15.1. The van der Waals surface area contributed by atoms with Gasteiger partial charge in [0.05, 0.1) is 11.4 Å². The first-order valence-electron chi connectivity index (χ1n) is 8.78. The Morgan fingerprint density at radius 3 is 2.32 bits per heavy atom. The van der Waals surface area contributed by atoms with E-state index >= 15 is 0 Å². The van der Waals surface area contributed by atoms with Crippen LogP contribution in [-0.4, -0.2) is 19.8 Å². The topological polar surface area (TPSA) is 75.2 Å². The van der Waals surface area contributed by atoms with E-state index in [1.54, 1.807) is 0 Å². The van der Waals surface area contributed by atoms with Crippen LogP contribution in [0.4, 0.5) is 5.69 Å². The number of anilines is 1. The van der Waals surface area contributed by atoms with Crippen LogP contribution in [0.1, 0.15) is 17.5 Å². The van der Waals surface area contributed by atoms with Gasteiger partial charge < -0.3 is 10.2 Å². The largest absolute Gasteiger partial charge is 0.378 e. The van der Waals surface area contributed by atoms with Gasteiger partial charge in [0.15, 0.2) is 11.4 Å². The van der Waals surface area contributed by atoms with Crippen LogP contribution in [0, 0.1) is 22.7 Å². The molecule has 0 aromatic heterocycles. The summed E-state index contributed by atoms with van der Waals surface area (Å²) >= 11 is 0. The van der Waals surface area contributed by atoms with Gasteiger partial charge in [-0.2, -0.15) is 10.5 Å². The molecule has 28 heavy (non-hydrogen) atoms.